The lowest BCUT2D eigenvalue weighted by atomic mass is 10.1. The van der Waals surface area contributed by atoms with Crippen LogP contribution in [0.1, 0.15) is 31.9 Å². The Morgan fingerprint density at radius 2 is 1.92 bits per heavy atom. The number of hydrogen-bond donors (Lipinski definition) is 2. The van der Waals surface area contributed by atoms with Crippen molar-refractivity contribution in [1.29, 1.82) is 0 Å². The van der Waals surface area contributed by atoms with Gasteiger partial charge in [0.05, 0.1) is 33.0 Å². The Balaban J connectivity index is 2.53. The molecule has 0 amide bonds. The Morgan fingerprint density at radius 3 is 2.64 bits per heavy atom. The molecule has 0 spiro atoms. The largest absolute Gasteiger partial charge is 0.383 e. The first-order chi connectivity index (χ1) is 12.2. The van der Waals surface area contributed by atoms with Crippen LogP contribution in [0.5, 0.6) is 0 Å². The minimum atomic E-state index is 0.202. The predicted molar refractivity (Wildman–Crippen MR) is 102 cm³/mol. The quantitative estimate of drug-likeness (QED) is 0.344. The van der Waals surface area contributed by atoms with Crippen LogP contribution in [-0.2, 0) is 27.4 Å². The molecule has 1 rings (SSSR count). The third kappa shape index (κ3) is 10.1. The monoisotopic (exact) mass is 351 g/mol. The van der Waals surface area contributed by atoms with Gasteiger partial charge < -0.3 is 24.8 Å². The fourth-order valence-electron chi connectivity index (χ4n) is 2.29. The van der Waals surface area contributed by atoms with Crippen LogP contribution in [0.25, 0.3) is 0 Å². The van der Waals surface area contributed by atoms with Gasteiger partial charge in [0.25, 0.3) is 0 Å². The molecule has 25 heavy (non-hydrogen) atoms. The van der Waals surface area contributed by atoms with E-state index in [-0.39, 0.29) is 6.04 Å². The lowest BCUT2D eigenvalue weighted by molar-refractivity contribution is 0.0453. The zero-order valence-electron chi connectivity index (χ0n) is 16.0. The highest BCUT2D eigenvalue weighted by Crippen LogP contribution is 2.08. The normalized spacial score (nSPS) is 12.9. The summed E-state index contributed by atoms with van der Waals surface area (Å²) < 4.78 is 16.0. The van der Waals surface area contributed by atoms with Gasteiger partial charge in [-0.25, -0.2) is 4.99 Å². The van der Waals surface area contributed by atoms with Crippen molar-refractivity contribution in [3.63, 3.8) is 0 Å². The van der Waals surface area contributed by atoms with Crippen molar-refractivity contribution < 1.29 is 14.2 Å². The van der Waals surface area contributed by atoms with Gasteiger partial charge in [-0.1, -0.05) is 24.3 Å². The molecule has 0 fully saturated rings. The van der Waals surface area contributed by atoms with Gasteiger partial charge in [-0.3, -0.25) is 0 Å². The molecule has 0 radical (unpaired) electrons. The molecule has 142 valence electrons. The second-order valence-corrected chi connectivity index (χ2v) is 5.77. The number of hydrogen-bond acceptors (Lipinski definition) is 4. The summed E-state index contributed by atoms with van der Waals surface area (Å²) in [6, 6.07) is 8.52. The van der Waals surface area contributed by atoms with Crippen LogP contribution >= 0.6 is 0 Å². The van der Waals surface area contributed by atoms with Crippen LogP contribution in [0.3, 0.4) is 0 Å². The van der Waals surface area contributed by atoms with Crippen LogP contribution in [0.4, 0.5) is 0 Å². The van der Waals surface area contributed by atoms with Crippen molar-refractivity contribution >= 4 is 5.96 Å². The Kier molecular flexibility index (Phi) is 11.7. The van der Waals surface area contributed by atoms with E-state index in [4.69, 9.17) is 14.2 Å². The number of methoxy groups -OCH3 is 1. The highest BCUT2D eigenvalue weighted by molar-refractivity contribution is 5.80. The predicted octanol–water partition coefficient (Wildman–Crippen LogP) is 2.33. The molecule has 0 aliphatic heterocycles. The number of guanidine groups is 1. The topological polar surface area (TPSA) is 64.1 Å². The van der Waals surface area contributed by atoms with Gasteiger partial charge in [0.15, 0.2) is 5.96 Å². The maximum atomic E-state index is 5.62. The van der Waals surface area contributed by atoms with E-state index in [1.54, 1.807) is 7.11 Å². The molecule has 0 aromatic heterocycles. The van der Waals surface area contributed by atoms with Crippen molar-refractivity contribution in [1.82, 2.24) is 10.6 Å². The fraction of sp³-hybridized carbons (Fsp3) is 0.632. The van der Waals surface area contributed by atoms with Gasteiger partial charge in [-0.2, -0.15) is 0 Å². The summed E-state index contributed by atoms with van der Waals surface area (Å²) in [4.78, 5) is 4.65. The molecule has 0 aliphatic rings. The van der Waals surface area contributed by atoms with E-state index >= 15 is 0 Å². The number of rotatable bonds is 12. The summed E-state index contributed by atoms with van der Waals surface area (Å²) in [5.74, 6) is 0.797. The second-order valence-electron chi connectivity index (χ2n) is 5.77. The Labute approximate surface area is 152 Å². The third-order valence-corrected chi connectivity index (χ3v) is 3.40. The molecule has 1 unspecified atom stereocenters. The fourth-order valence-corrected chi connectivity index (χ4v) is 2.29. The summed E-state index contributed by atoms with van der Waals surface area (Å²) in [5.41, 5.74) is 2.30. The van der Waals surface area contributed by atoms with Gasteiger partial charge in [0.2, 0.25) is 0 Å². The van der Waals surface area contributed by atoms with Crippen molar-refractivity contribution in [3.05, 3.63) is 35.4 Å². The van der Waals surface area contributed by atoms with Gasteiger partial charge in [-0.15, -0.1) is 0 Å². The van der Waals surface area contributed by atoms with Gasteiger partial charge in [0, 0.05) is 26.3 Å². The van der Waals surface area contributed by atoms with Crippen LogP contribution < -0.4 is 10.6 Å². The molecule has 0 saturated heterocycles. The molecule has 1 atom stereocenters. The minimum Gasteiger partial charge on any atom is -0.383 e. The molecule has 1 aromatic carbocycles. The lowest BCUT2D eigenvalue weighted by Crippen LogP contribution is -2.43. The van der Waals surface area contributed by atoms with Crippen molar-refractivity contribution in [2.24, 2.45) is 4.99 Å². The number of ether oxygens (including phenoxy) is 3. The summed E-state index contributed by atoms with van der Waals surface area (Å²) in [6.45, 7) is 10.7. The van der Waals surface area contributed by atoms with Crippen LogP contribution in [-0.4, -0.2) is 52.1 Å². The molecule has 2 N–H and O–H groups in total. The first-order valence-corrected chi connectivity index (χ1v) is 8.96. The second kappa shape index (κ2) is 13.6. The summed E-state index contributed by atoms with van der Waals surface area (Å²) in [6.07, 6.45) is 0. The van der Waals surface area contributed by atoms with Crippen LogP contribution in [0.15, 0.2) is 29.3 Å². The molecule has 0 bridgehead atoms. The number of benzene rings is 1. The molecule has 6 heteroatoms. The first kappa shape index (κ1) is 21.4. The molecule has 6 nitrogen and oxygen atoms in total. The van der Waals surface area contributed by atoms with Crippen molar-refractivity contribution in [2.75, 3.05) is 40.1 Å². The summed E-state index contributed by atoms with van der Waals surface area (Å²) in [5, 5.41) is 6.59. The minimum absolute atomic E-state index is 0.202. The zero-order chi connectivity index (χ0) is 18.3. The maximum absolute atomic E-state index is 5.62. The van der Waals surface area contributed by atoms with Crippen molar-refractivity contribution in [2.45, 2.75) is 40.0 Å². The molecular formula is C19H33N3O3. The number of nitrogens with zero attached hydrogens (tertiary/aromatic N) is 1. The molecule has 1 aromatic rings. The van der Waals surface area contributed by atoms with E-state index < -0.39 is 0 Å². The Morgan fingerprint density at radius 1 is 1.16 bits per heavy atom. The highest BCUT2D eigenvalue weighted by atomic mass is 16.5. The Bertz CT molecular complexity index is 495. The molecular weight excluding hydrogens is 318 g/mol. The van der Waals surface area contributed by atoms with E-state index in [1.165, 1.54) is 0 Å². The van der Waals surface area contributed by atoms with E-state index in [1.807, 2.05) is 13.0 Å². The Hall–Kier alpha value is -1.63. The average molecular weight is 351 g/mol. The van der Waals surface area contributed by atoms with Gasteiger partial charge in [-0.05, 0) is 31.9 Å². The van der Waals surface area contributed by atoms with E-state index in [9.17, 15) is 0 Å². The van der Waals surface area contributed by atoms with E-state index in [0.717, 1.165) is 30.2 Å². The van der Waals surface area contributed by atoms with Crippen LogP contribution in [0, 0.1) is 0 Å². The molecule has 0 saturated carbocycles. The van der Waals surface area contributed by atoms with Crippen molar-refractivity contribution in [3.8, 4) is 0 Å². The number of nitrogens with one attached hydrogen (secondary N) is 2. The third-order valence-electron chi connectivity index (χ3n) is 3.40. The van der Waals surface area contributed by atoms with Crippen LogP contribution in [0.2, 0.25) is 0 Å². The van der Waals surface area contributed by atoms with Gasteiger partial charge >= 0.3 is 0 Å². The van der Waals surface area contributed by atoms with E-state index in [0.29, 0.717) is 33.0 Å². The smallest absolute Gasteiger partial charge is 0.191 e. The SMILES string of the molecule is CCNC(=NCc1cccc(COCCOCC)c1)NC(C)COC. The molecule has 0 aliphatic carbocycles. The molecule has 0 heterocycles. The zero-order valence-corrected chi connectivity index (χ0v) is 16.0. The standard InChI is InChI=1S/C19H33N3O3/c1-5-20-19(22-16(3)14-23-4)21-13-17-8-7-9-18(12-17)15-25-11-10-24-6-2/h7-9,12,16H,5-6,10-11,13-15H2,1-4H3,(H2,20,21,22). The maximum Gasteiger partial charge on any atom is 0.191 e. The average Bonchev–Trinajstić information content (AvgIpc) is 2.60. The highest BCUT2D eigenvalue weighted by Gasteiger charge is 2.04. The lowest BCUT2D eigenvalue weighted by Gasteiger charge is -2.17. The number of aliphatic imine (C=N–C) groups is 1. The summed E-state index contributed by atoms with van der Waals surface area (Å²) in [7, 11) is 1.70. The first-order valence-electron chi connectivity index (χ1n) is 8.96. The van der Waals surface area contributed by atoms with Gasteiger partial charge in [0.1, 0.15) is 0 Å². The van der Waals surface area contributed by atoms with E-state index in [2.05, 4.69) is 47.7 Å². The summed E-state index contributed by atoms with van der Waals surface area (Å²) >= 11 is 0.